The fraction of sp³-hybridized carbons (Fsp3) is 0.857. The first-order valence-electron chi connectivity index (χ1n) is 6.73. The Morgan fingerprint density at radius 1 is 1.41 bits per heavy atom. The van der Waals surface area contributed by atoms with Crippen molar-refractivity contribution >= 4 is 5.97 Å². The Morgan fingerprint density at radius 3 is 2.47 bits per heavy atom. The molecule has 2 bridgehead atoms. The minimum absolute atomic E-state index is 0.229. The molecular weight excluding hydrogens is 214 g/mol. The van der Waals surface area contributed by atoms with Crippen molar-refractivity contribution in [2.24, 2.45) is 29.6 Å². The van der Waals surface area contributed by atoms with E-state index >= 15 is 0 Å². The zero-order chi connectivity index (χ0) is 12.4. The molecule has 0 radical (unpaired) electrons. The zero-order valence-corrected chi connectivity index (χ0v) is 10.7. The molecule has 0 N–H and O–H groups in total. The molecule has 17 heavy (non-hydrogen) atoms. The molecule has 3 nitrogen and oxygen atoms in total. The molecule has 2 saturated carbocycles. The van der Waals surface area contributed by atoms with Gasteiger partial charge in [0.05, 0.1) is 12.7 Å². The van der Waals surface area contributed by atoms with Gasteiger partial charge in [-0.1, -0.05) is 6.92 Å². The van der Waals surface area contributed by atoms with Crippen LogP contribution in [0.5, 0.6) is 0 Å². The average molecular weight is 235 g/mol. The van der Waals surface area contributed by atoms with E-state index in [0.717, 1.165) is 30.6 Å². The predicted molar refractivity (Wildman–Crippen MR) is 63.8 cm³/mol. The van der Waals surface area contributed by atoms with Gasteiger partial charge < -0.3 is 4.74 Å². The maximum Gasteiger partial charge on any atom is 0.323 e. The molecule has 0 aromatic rings. The summed E-state index contributed by atoms with van der Waals surface area (Å²) in [5.41, 5.74) is 0. The number of rotatable bonds is 3. The number of hydrogen-bond acceptors (Lipinski definition) is 3. The fourth-order valence-corrected chi connectivity index (χ4v) is 3.73. The highest BCUT2D eigenvalue weighted by Crippen LogP contribution is 2.50. The van der Waals surface area contributed by atoms with Gasteiger partial charge in [-0.25, -0.2) is 0 Å². The topological polar surface area (TPSA) is 50.1 Å². The number of ether oxygens (including phenoxy) is 1. The molecule has 5 atom stereocenters. The van der Waals surface area contributed by atoms with Gasteiger partial charge in [0.15, 0.2) is 0 Å². The van der Waals surface area contributed by atoms with Crippen molar-refractivity contribution in [3.05, 3.63) is 0 Å². The summed E-state index contributed by atoms with van der Waals surface area (Å²) in [5.74, 6) is 1.62. The van der Waals surface area contributed by atoms with E-state index < -0.39 is 5.92 Å². The lowest BCUT2D eigenvalue weighted by Crippen LogP contribution is -2.32. The minimum atomic E-state index is -0.537. The number of carbonyl (C=O) groups is 1. The Labute approximate surface area is 103 Å². The van der Waals surface area contributed by atoms with Crippen molar-refractivity contribution in [2.75, 3.05) is 6.61 Å². The molecule has 0 aromatic heterocycles. The standard InChI is InChI=1S/C14H21NO2/c1-3-17-14(16)13(8-15)12-6-10-4-5-11(7-12)9(10)2/h9-13H,3-7H2,1-2H3/t9?,10-,11+,12?,13-/m1/s1. The van der Waals surface area contributed by atoms with Crippen LogP contribution >= 0.6 is 0 Å². The lowest BCUT2D eigenvalue weighted by Gasteiger charge is -2.34. The van der Waals surface area contributed by atoms with Crippen LogP contribution in [-0.4, -0.2) is 12.6 Å². The van der Waals surface area contributed by atoms with Crippen LogP contribution in [0, 0.1) is 40.9 Å². The van der Waals surface area contributed by atoms with E-state index in [-0.39, 0.29) is 11.9 Å². The molecule has 0 spiro atoms. The lowest BCUT2D eigenvalue weighted by molar-refractivity contribution is -0.148. The third-order valence-corrected chi connectivity index (χ3v) is 4.76. The summed E-state index contributed by atoms with van der Waals surface area (Å²) in [6.45, 7) is 4.48. The molecule has 0 aromatic carbocycles. The molecule has 3 heteroatoms. The van der Waals surface area contributed by atoms with Crippen molar-refractivity contribution in [3.63, 3.8) is 0 Å². The lowest BCUT2D eigenvalue weighted by atomic mass is 9.70. The van der Waals surface area contributed by atoms with Crippen LogP contribution in [0.2, 0.25) is 0 Å². The molecule has 0 amide bonds. The fourth-order valence-electron chi connectivity index (χ4n) is 3.73. The molecule has 2 aliphatic carbocycles. The van der Waals surface area contributed by atoms with Crippen LogP contribution in [0.4, 0.5) is 0 Å². The molecule has 0 heterocycles. The van der Waals surface area contributed by atoms with Crippen LogP contribution in [0.3, 0.4) is 0 Å². The number of hydrogen-bond donors (Lipinski definition) is 0. The van der Waals surface area contributed by atoms with E-state index in [4.69, 9.17) is 4.74 Å². The SMILES string of the molecule is CCOC(=O)[C@H](C#N)C1C[C@H]2CC[C@@H](C1)C2C. The molecule has 0 aliphatic heterocycles. The Kier molecular flexibility index (Phi) is 3.71. The van der Waals surface area contributed by atoms with Crippen molar-refractivity contribution in [1.82, 2.24) is 0 Å². The zero-order valence-electron chi connectivity index (χ0n) is 10.7. The predicted octanol–water partition coefficient (Wildman–Crippen LogP) is 2.76. The van der Waals surface area contributed by atoms with Crippen LogP contribution in [0.25, 0.3) is 0 Å². The normalized spacial score (nSPS) is 37.2. The Hall–Kier alpha value is -1.04. The summed E-state index contributed by atoms with van der Waals surface area (Å²) in [6, 6.07) is 2.17. The molecule has 2 unspecified atom stereocenters. The first-order valence-corrected chi connectivity index (χ1v) is 6.73. The van der Waals surface area contributed by atoms with E-state index in [2.05, 4.69) is 13.0 Å². The third kappa shape index (κ3) is 2.31. The number of nitrogens with zero attached hydrogens (tertiary/aromatic N) is 1. The maximum absolute atomic E-state index is 11.7. The van der Waals surface area contributed by atoms with E-state index in [1.807, 2.05) is 0 Å². The second-order valence-corrected chi connectivity index (χ2v) is 5.55. The van der Waals surface area contributed by atoms with E-state index in [0.29, 0.717) is 6.61 Å². The summed E-state index contributed by atoms with van der Waals surface area (Å²) >= 11 is 0. The van der Waals surface area contributed by atoms with Gasteiger partial charge in [0.2, 0.25) is 0 Å². The molecular formula is C14H21NO2. The van der Waals surface area contributed by atoms with Gasteiger partial charge in [0, 0.05) is 0 Å². The van der Waals surface area contributed by atoms with Gasteiger partial charge >= 0.3 is 5.97 Å². The molecule has 0 saturated heterocycles. The first kappa shape index (κ1) is 12.4. The summed E-state index contributed by atoms with van der Waals surface area (Å²) in [4.78, 5) is 11.7. The smallest absolute Gasteiger partial charge is 0.323 e. The van der Waals surface area contributed by atoms with Gasteiger partial charge in [-0.05, 0) is 56.3 Å². The van der Waals surface area contributed by atoms with Crippen LogP contribution < -0.4 is 0 Å². The van der Waals surface area contributed by atoms with Gasteiger partial charge in [0.1, 0.15) is 5.92 Å². The van der Waals surface area contributed by atoms with Crippen molar-refractivity contribution in [2.45, 2.75) is 39.5 Å². The molecule has 94 valence electrons. The monoisotopic (exact) mass is 235 g/mol. The van der Waals surface area contributed by atoms with Gasteiger partial charge in [-0.15, -0.1) is 0 Å². The summed E-state index contributed by atoms with van der Waals surface area (Å²) in [7, 11) is 0. The number of esters is 1. The van der Waals surface area contributed by atoms with E-state index in [1.54, 1.807) is 6.92 Å². The maximum atomic E-state index is 11.7. The summed E-state index contributed by atoms with van der Waals surface area (Å²) in [5, 5.41) is 9.18. The second kappa shape index (κ2) is 5.08. The third-order valence-electron chi connectivity index (χ3n) is 4.76. The number of fused-ring (bicyclic) bond motifs is 2. The van der Waals surface area contributed by atoms with Gasteiger partial charge in [-0.3, -0.25) is 4.79 Å². The quantitative estimate of drug-likeness (QED) is 0.707. The second-order valence-electron chi connectivity index (χ2n) is 5.55. The summed E-state index contributed by atoms with van der Waals surface area (Å²) in [6.07, 6.45) is 4.63. The Morgan fingerprint density at radius 2 is 2.00 bits per heavy atom. The largest absolute Gasteiger partial charge is 0.465 e. The van der Waals surface area contributed by atoms with Gasteiger partial charge in [-0.2, -0.15) is 5.26 Å². The molecule has 2 rings (SSSR count). The average Bonchev–Trinajstić information content (AvgIpc) is 2.54. The highest BCUT2D eigenvalue weighted by atomic mass is 16.5. The van der Waals surface area contributed by atoms with Crippen molar-refractivity contribution in [1.29, 1.82) is 5.26 Å². The molecule has 2 aliphatic rings. The summed E-state index contributed by atoms with van der Waals surface area (Å²) < 4.78 is 5.00. The van der Waals surface area contributed by atoms with Crippen LogP contribution in [0.15, 0.2) is 0 Å². The first-order chi connectivity index (χ1) is 8.17. The van der Waals surface area contributed by atoms with E-state index in [1.165, 1.54) is 12.8 Å². The van der Waals surface area contributed by atoms with Crippen molar-refractivity contribution in [3.8, 4) is 6.07 Å². The highest BCUT2D eigenvalue weighted by Gasteiger charge is 2.44. The Bertz CT molecular complexity index is 320. The van der Waals surface area contributed by atoms with Crippen LogP contribution in [0.1, 0.15) is 39.5 Å². The van der Waals surface area contributed by atoms with Crippen molar-refractivity contribution < 1.29 is 9.53 Å². The van der Waals surface area contributed by atoms with E-state index in [9.17, 15) is 10.1 Å². The molecule has 2 fully saturated rings. The highest BCUT2D eigenvalue weighted by molar-refractivity contribution is 5.75. The minimum Gasteiger partial charge on any atom is -0.465 e. The number of carbonyl (C=O) groups excluding carboxylic acids is 1. The number of nitriles is 1. The Balaban J connectivity index is 2.03. The van der Waals surface area contributed by atoms with Crippen LogP contribution in [-0.2, 0) is 9.53 Å². The van der Waals surface area contributed by atoms with Gasteiger partial charge in [0.25, 0.3) is 0 Å².